The zero-order chi connectivity index (χ0) is 20.3. The van der Waals surface area contributed by atoms with E-state index in [0.717, 1.165) is 30.1 Å². The number of anilines is 1. The van der Waals surface area contributed by atoms with Gasteiger partial charge in [0.05, 0.1) is 18.8 Å². The highest BCUT2D eigenvalue weighted by molar-refractivity contribution is 6.10. The Morgan fingerprint density at radius 2 is 2.00 bits per heavy atom. The zero-order valence-electron chi connectivity index (χ0n) is 16.9. The van der Waals surface area contributed by atoms with E-state index in [2.05, 4.69) is 15.0 Å². The molecule has 1 saturated heterocycles. The van der Waals surface area contributed by atoms with Crippen molar-refractivity contribution in [3.05, 3.63) is 41.0 Å². The first-order valence-corrected chi connectivity index (χ1v) is 9.32. The van der Waals surface area contributed by atoms with Gasteiger partial charge in [-0.15, -0.1) is 0 Å². The van der Waals surface area contributed by atoms with E-state index in [-0.39, 0.29) is 6.61 Å². The van der Waals surface area contributed by atoms with E-state index in [1.807, 2.05) is 32.0 Å². The van der Waals surface area contributed by atoms with Gasteiger partial charge in [0.15, 0.2) is 11.5 Å². The Hall–Kier alpha value is -2.58. The van der Waals surface area contributed by atoms with Gasteiger partial charge in [0, 0.05) is 24.8 Å². The van der Waals surface area contributed by atoms with Crippen molar-refractivity contribution in [2.45, 2.75) is 33.3 Å². The highest BCUT2D eigenvalue weighted by Crippen LogP contribution is 2.25. The third-order valence-electron chi connectivity index (χ3n) is 4.51. The van der Waals surface area contributed by atoms with Crippen LogP contribution in [-0.2, 0) is 4.74 Å². The first kappa shape index (κ1) is 20.2. The summed E-state index contributed by atoms with van der Waals surface area (Å²) in [6, 6.07) is 5.66. The van der Waals surface area contributed by atoms with Crippen LogP contribution >= 0.6 is 0 Å². The van der Waals surface area contributed by atoms with Gasteiger partial charge in [0.25, 0.3) is 0 Å². The molecule has 0 saturated carbocycles. The van der Waals surface area contributed by atoms with Crippen LogP contribution < -0.4 is 15.5 Å². The number of furan rings is 1. The van der Waals surface area contributed by atoms with Gasteiger partial charge in [0.2, 0.25) is 5.88 Å². The molecule has 2 aromatic heterocycles. The summed E-state index contributed by atoms with van der Waals surface area (Å²) in [4.78, 5) is 6.75. The summed E-state index contributed by atoms with van der Waals surface area (Å²) < 4.78 is 17.0. The Morgan fingerprint density at radius 3 is 2.57 bits per heavy atom. The fourth-order valence-electron chi connectivity index (χ4n) is 2.89. The van der Waals surface area contributed by atoms with Gasteiger partial charge in [-0.3, -0.25) is 0 Å². The summed E-state index contributed by atoms with van der Waals surface area (Å²) >= 11 is 0. The molecule has 3 rings (SSSR count). The van der Waals surface area contributed by atoms with E-state index in [1.165, 1.54) is 0 Å². The minimum absolute atomic E-state index is 0.111. The molecule has 2 aromatic rings. The molecule has 28 heavy (non-hydrogen) atoms. The number of nitrogens with two attached hydrogens (primary N) is 1. The molecule has 0 amide bonds. The summed E-state index contributed by atoms with van der Waals surface area (Å²) in [7, 11) is 0. The molecule has 8 nitrogen and oxygen atoms in total. The lowest BCUT2D eigenvalue weighted by atomic mass is 10.1. The highest BCUT2D eigenvalue weighted by Gasteiger charge is 2.21. The van der Waals surface area contributed by atoms with Crippen LogP contribution in [0.15, 0.2) is 27.7 Å². The molecule has 0 spiro atoms. The maximum atomic E-state index is 9.99. The Balaban J connectivity index is 1.99. The van der Waals surface area contributed by atoms with E-state index >= 15 is 0 Å². The van der Waals surface area contributed by atoms with E-state index in [0.29, 0.717) is 36.3 Å². The number of aromatic nitrogens is 1. The summed E-state index contributed by atoms with van der Waals surface area (Å²) in [5.74, 6) is 7.44. The molecule has 1 aliphatic rings. The van der Waals surface area contributed by atoms with Crippen LogP contribution in [0, 0.1) is 13.8 Å². The number of nitrogens with zero attached hydrogens (tertiary/aromatic N) is 3. The third-order valence-corrected chi connectivity index (χ3v) is 4.51. The number of aliphatic hydroxyl groups is 1. The smallest absolute Gasteiger partial charge is 0.216 e. The summed E-state index contributed by atoms with van der Waals surface area (Å²) in [6.07, 6.45) is 0. The third kappa shape index (κ3) is 4.82. The molecular formula is C20H28N4O4. The fraction of sp³-hybridized carbons (Fsp3) is 0.500. The van der Waals surface area contributed by atoms with Crippen LogP contribution in [0.3, 0.4) is 0 Å². The molecule has 1 aliphatic heterocycles. The predicted octanol–water partition coefficient (Wildman–Crippen LogP) is 1.99. The van der Waals surface area contributed by atoms with Crippen LogP contribution in [0.25, 0.3) is 0 Å². The molecule has 0 aromatic carbocycles. The molecule has 0 bridgehead atoms. The number of hydrazone groups is 1. The van der Waals surface area contributed by atoms with Gasteiger partial charge < -0.3 is 29.7 Å². The SMILES string of the molecule is Cc1cc(C(=NN)c2cc(N3CCOCC3)cc(OCC(C)(C)O)n2)oc1C. The van der Waals surface area contributed by atoms with Crippen LogP contribution in [0.4, 0.5) is 5.69 Å². The van der Waals surface area contributed by atoms with Crippen LogP contribution in [0.5, 0.6) is 5.88 Å². The Labute approximate surface area is 164 Å². The van der Waals surface area contributed by atoms with Gasteiger partial charge in [-0.05, 0) is 45.4 Å². The van der Waals surface area contributed by atoms with Gasteiger partial charge in [-0.2, -0.15) is 5.10 Å². The number of rotatable bonds is 6. The van der Waals surface area contributed by atoms with E-state index in [4.69, 9.17) is 19.7 Å². The van der Waals surface area contributed by atoms with Gasteiger partial charge >= 0.3 is 0 Å². The molecule has 0 aliphatic carbocycles. The number of aryl methyl sites for hydroxylation is 2. The molecule has 3 N–H and O–H groups in total. The lowest BCUT2D eigenvalue weighted by Crippen LogP contribution is -2.36. The molecule has 0 radical (unpaired) electrons. The second kappa shape index (κ2) is 8.20. The van der Waals surface area contributed by atoms with Crippen molar-refractivity contribution < 1.29 is 19.0 Å². The number of ether oxygens (including phenoxy) is 2. The quantitative estimate of drug-likeness (QED) is 0.443. The minimum atomic E-state index is -0.975. The topological polar surface area (TPSA) is 106 Å². The maximum Gasteiger partial charge on any atom is 0.216 e. The summed E-state index contributed by atoms with van der Waals surface area (Å²) in [6.45, 7) is 10.2. The van der Waals surface area contributed by atoms with Crippen molar-refractivity contribution in [2.75, 3.05) is 37.8 Å². The zero-order valence-corrected chi connectivity index (χ0v) is 16.9. The summed E-state index contributed by atoms with van der Waals surface area (Å²) in [5.41, 5.74) is 1.96. The van der Waals surface area contributed by atoms with Crippen molar-refractivity contribution in [1.29, 1.82) is 0 Å². The molecule has 8 heteroatoms. The number of pyridine rings is 1. The van der Waals surface area contributed by atoms with Gasteiger partial charge in [-0.1, -0.05) is 0 Å². The lowest BCUT2D eigenvalue weighted by Gasteiger charge is -2.29. The normalized spacial score (nSPS) is 15.8. The van der Waals surface area contributed by atoms with E-state index in [1.54, 1.807) is 13.8 Å². The van der Waals surface area contributed by atoms with Crippen LogP contribution in [0.1, 0.15) is 36.6 Å². The molecule has 3 heterocycles. The largest absolute Gasteiger partial charge is 0.475 e. The molecule has 0 atom stereocenters. The number of hydrogen-bond donors (Lipinski definition) is 2. The Bertz CT molecular complexity index is 829. The first-order chi connectivity index (χ1) is 13.3. The van der Waals surface area contributed by atoms with Crippen molar-refractivity contribution in [3.8, 4) is 5.88 Å². The Kier molecular flexibility index (Phi) is 5.90. The van der Waals surface area contributed by atoms with Crippen molar-refractivity contribution in [3.63, 3.8) is 0 Å². The van der Waals surface area contributed by atoms with Crippen molar-refractivity contribution >= 4 is 11.4 Å². The molecule has 1 fully saturated rings. The molecule has 152 valence electrons. The van der Waals surface area contributed by atoms with Gasteiger partial charge in [0.1, 0.15) is 18.1 Å². The molecular weight excluding hydrogens is 360 g/mol. The highest BCUT2D eigenvalue weighted by atomic mass is 16.5. The Morgan fingerprint density at radius 1 is 1.29 bits per heavy atom. The average molecular weight is 388 g/mol. The number of hydrogen-bond acceptors (Lipinski definition) is 8. The first-order valence-electron chi connectivity index (χ1n) is 9.32. The molecule has 0 unspecified atom stereocenters. The number of morpholine rings is 1. The van der Waals surface area contributed by atoms with E-state index in [9.17, 15) is 5.11 Å². The lowest BCUT2D eigenvalue weighted by molar-refractivity contribution is 0.0268. The van der Waals surface area contributed by atoms with Crippen LogP contribution in [0.2, 0.25) is 0 Å². The van der Waals surface area contributed by atoms with Crippen molar-refractivity contribution in [2.24, 2.45) is 10.9 Å². The van der Waals surface area contributed by atoms with Crippen molar-refractivity contribution in [1.82, 2.24) is 4.98 Å². The average Bonchev–Trinajstić information content (AvgIpc) is 2.99. The van der Waals surface area contributed by atoms with E-state index < -0.39 is 5.60 Å². The maximum absolute atomic E-state index is 9.99. The standard InChI is InChI=1S/C20H28N4O4/c1-13-9-17(28-14(13)2)19(23-21)16-10-15(24-5-7-26-8-6-24)11-18(22-16)27-12-20(3,4)25/h9-11,25H,5-8,12,21H2,1-4H3. The van der Waals surface area contributed by atoms with Gasteiger partial charge in [-0.25, -0.2) is 4.98 Å². The second-order valence-electron chi connectivity index (χ2n) is 7.58. The monoisotopic (exact) mass is 388 g/mol. The minimum Gasteiger partial charge on any atom is -0.475 e. The second-order valence-corrected chi connectivity index (χ2v) is 7.58. The fourth-order valence-corrected chi connectivity index (χ4v) is 2.89. The van der Waals surface area contributed by atoms with Crippen LogP contribution in [-0.4, -0.2) is 54.3 Å². The predicted molar refractivity (Wildman–Crippen MR) is 107 cm³/mol. The summed E-state index contributed by atoms with van der Waals surface area (Å²) in [5, 5.41) is 13.9.